The van der Waals surface area contributed by atoms with Gasteiger partial charge < -0.3 is 0 Å². The molecule has 0 amide bonds. The standard InChI is InChI=1S/C6H6S.3CO.Fe/c1-2-4-6-7-5-3-1;3*1-2;/h1-6H;;;;. The van der Waals surface area contributed by atoms with Crippen molar-refractivity contribution in [1.82, 2.24) is 0 Å². The summed E-state index contributed by atoms with van der Waals surface area (Å²) in [4.78, 5) is 0. The first-order valence-electron chi connectivity index (χ1n) is 2.75. The Labute approximate surface area is 98.0 Å². The van der Waals surface area contributed by atoms with E-state index in [0.717, 1.165) is 0 Å². The molecule has 3 nitrogen and oxygen atoms in total. The Morgan fingerprint density at radius 3 is 1.21 bits per heavy atom. The van der Waals surface area contributed by atoms with Crippen molar-refractivity contribution in [3.63, 3.8) is 0 Å². The zero-order valence-corrected chi connectivity index (χ0v) is 8.87. The average molecular weight is 250 g/mol. The molecule has 1 aliphatic heterocycles. The van der Waals surface area contributed by atoms with E-state index in [1.165, 1.54) is 0 Å². The van der Waals surface area contributed by atoms with E-state index in [-0.39, 0.29) is 17.1 Å². The van der Waals surface area contributed by atoms with Crippen LogP contribution < -0.4 is 0 Å². The van der Waals surface area contributed by atoms with Crippen LogP contribution in [0.4, 0.5) is 0 Å². The van der Waals surface area contributed by atoms with Crippen molar-refractivity contribution in [2.24, 2.45) is 0 Å². The molecule has 1 aliphatic rings. The third-order valence-electron chi connectivity index (χ3n) is 0.648. The van der Waals surface area contributed by atoms with Crippen molar-refractivity contribution < 1.29 is 31.0 Å². The maximum absolute atomic E-state index is 7.50. The summed E-state index contributed by atoms with van der Waals surface area (Å²) < 4.78 is 22.5. The van der Waals surface area contributed by atoms with Crippen molar-refractivity contribution in [2.75, 3.05) is 0 Å². The number of thioether (sulfide) groups is 1. The van der Waals surface area contributed by atoms with E-state index in [2.05, 4.69) is 20.0 Å². The van der Waals surface area contributed by atoms with Crippen molar-refractivity contribution >= 4 is 11.8 Å². The van der Waals surface area contributed by atoms with E-state index in [1.807, 2.05) is 35.1 Å². The number of hydrogen-bond donors (Lipinski definition) is 0. The first-order chi connectivity index (χ1) is 6.50. The SMILES string of the molecule is C1=CC=CSC=C1.[C-]#[O+].[C-]#[O+].[C-]#[O+].[Fe]. The molecule has 0 aliphatic carbocycles. The zero-order chi connectivity index (χ0) is 10.9. The Balaban J connectivity index is -0.0000000625. The molecule has 1 heterocycles. The Bertz CT molecular complexity index is 198. The van der Waals surface area contributed by atoms with E-state index in [9.17, 15) is 0 Å². The minimum atomic E-state index is 0. The number of rotatable bonds is 0. The molecule has 0 unspecified atom stereocenters. The van der Waals surface area contributed by atoms with Gasteiger partial charge in [0.2, 0.25) is 0 Å². The molecule has 14 heavy (non-hydrogen) atoms. The van der Waals surface area contributed by atoms with Gasteiger partial charge in [0, 0.05) is 17.1 Å². The summed E-state index contributed by atoms with van der Waals surface area (Å²) in [5.74, 6) is 0. The minimum absolute atomic E-state index is 0. The van der Waals surface area contributed by atoms with Gasteiger partial charge in [0.25, 0.3) is 0 Å². The third-order valence-corrected chi connectivity index (χ3v) is 1.28. The second kappa shape index (κ2) is 39.5. The van der Waals surface area contributed by atoms with Crippen LogP contribution in [0.3, 0.4) is 0 Å². The smallest absolute Gasteiger partial charge is 0 e. The molecule has 0 spiro atoms. The van der Waals surface area contributed by atoms with Crippen LogP contribution in [0.15, 0.2) is 35.1 Å². The average Bonchev–Trinajstić information content (AvgIpc) is 2.58. The van der Waals surface area contributed by atoms with Gasteiger partial charge >= 0.3 is 33.9 Å². The molecule has 0 aromatic carbocycles. The molecule has 0 aromatic heterocycles. The summed E-state index contributed by atoms with van der Waals surface area (Å²) >= 11 is 1.69. The van der Waals surface area contributed by atoms with Crippen molar-refractivity contribution in [3.8, 4) is 0 Å². The van der Waals surface area contributed by atoms with Crippen LogP contribution in [0.5, 0.6) is 0 Å². The van der Waals surface area contributed by atoms with Gasteiger partial charge in [-0.05, 0) is 10.8 Å². The molecule has 0 saturated heterocycles. The maximum Gasteiger partial charge on any atom is 0 e. The van der Waals surface area contributed by atoms with Gasteiger partial charge in [-0.15, -0.1) is 11.8 Å². The van der Waals surface area contributed by atoms with Crippen molar-refractivity contribution in [1.29, 1.82) is 0 Å². The fourth-order valence-corrected chi connectivity index (χ4v) is 0.809. The fraction of sp³-hybridized carbons (Fsp3) is 0. The fourth-order valence-electron chi connectivity index (χ4n) is 0.355. The first kappa shape index (κ1) is 23.3. The van der Waals surface area contributed by atoms with E-state index in [4.69, 9.17) is 14.0 Å². The molecule has 1 rings (SSSR count). The van der Waals surface area contributed by atoms with Crippen LogP contribution in [-0.2, 0) is 31.0 Å². The summed E-state index contributed by atoms with van der Waals surface area (Å²) in [6.45, 7) is 13.5. The monoisotopic (exact) mass is 250 g/mol. The predicted octanol–water partition coefficient (Wildman–Crippen LogP) is 2.20. The van der Waals surface area contributed by atoms with Gasteiger partial charge in [-0.3, -0.25) is 0 Å². The molecule has 5 heteroatoms. The largest absolute Gasteiger partial charge is 0 e. The normalized spacial score (nSPS) is 9.00. The molecule has 0 atom stereocenters. The molecule has 0 bridgehead atoms. The summed E-state index contributed by atoms with van der Waals surface area (Å²) in [6.07, 6.45) is 8.06. The Morgan fingerprint density at radius 1 is 0.643 bits per heavy atom. The topological polar surface area (TPSA) is 59.7 Å². The second-order valence-electron chi connectivity index (χ2n) is 1.18. The maximum atomic E-state index is 7.50. The molecule has 0 aromatic rings. The quantitative estimate of drug-likeness (QED) is 0.369. The summed E-state index contributed by atoms with van der Waals surface area (Å²) in [6, 6.07) is 0. The van der Waals surface area contributed by atoms with Gasteiger partial charge in [-0.25, -0.2) is 0 Å². The molecular weight excluding hydrogens is 244 g/mol. The first-order valence-corrected chi connectivity index (χ1v) is 3.69. The van der Waals surface area contributed by atoms with E-state index < -0.39 is 0 Å². The Morgan fingerprint density at radius 2 is 0.929 bits per heavy atom. The molecule has 0 radical (unpaired) electrons. The minimum Gasteiger partial charge on any atom is 0 e. The molecule has 0 saturated carbocycles. The van der Waals surface area contributed by atoms with Crippen molar-refractivity contribution in [2.45, 2.75) is 0 Å². The van der Waals surface area contributed by atoms with Crippen LogP contribution >= 0.6 is 11.8 Å². The predicted molar refractivity (Wildman–Crippen MR) is 46.8 cm³/mol. The van der Waals surface area contributed by atoms with Crippen LogP contribution in [0.25, 0.3) is 0 Å². The summed E-state index contributed by atoms with van der Waals surface area (Å²) in [5.41, 5.74) is 0. The van der Waals surface area contributed by atoms with Crippen molar-refractivity contribution in [3.05, 3.63) is 55.1 Å². The summed E-state index contributed by atoms with van der Waals surface area (Å²) in [5, 5.41) is 4.08. The molecule has 0 fully saturated rings. The van der Waals surface area contributed by atoms with Gasteiger partial charge in [-0.2, -0.15) is 0 Å². The second-order valence-corrected chi connectivity index (χ2v) is 1.99. The van der Waals surface area contributed by atoms with Gasteiger partial charge in [0.05, 0.1) is 0 Å². The summed E-state index contributed by atoms with van der Waals surface area (Å²) in [7, 11) is 0. The number of hydrogen-bond acceptors (Lipinski definition) is 1. The van der Waals surface area contributed by atoms with Gasteiger partial charge in [0.1, 0.15) is 0 Å². The van der Waals surface area contributed by atoms with Crippen LogP contribution in [0, 0.1) is 20.0 Å². The zero-order valence-electron chi connectivity index (χ0n) is 6.95. The molecule has 0 N–H and O–H groups in total. The van der Waals surface area contributed by atoms with Crippen LogP contribution in [0.2, 0.25) is 0 Å². The van der Waals surface area contributed by atoms with Gasteiger partial charge in [-0.1, -0.05) is 24.3 Å². The van der Waals surface area contributed by atoms with Crippen LogP contribution in [-0.4, -0.2) is 0 Å². The van der Waals surface area contributed by atoms with Crippen LogP contribution in [0.1, 0.15) is 0 Å². The van der Waals surface area contributed by atoms with E-state index in [1.54, 1.807) is 11.8 Å². The van der Waals surface area contributed by atoms with E-state index >= 15 is 0 Å². The van der Waals surface area contributed by atoms with E-state index in [0.29, 0.717) is 0 Å². The number of allylic oxidation sites excluding steroid dienone is 4. The Kier molecular flexibility index (Phi) is 65.7. The van der Waals surface area contributed by atoms with Gasteiger partial charge in [0.15, 0.2) is 0 Å². The Hall–Kier alpha value is -0.691. The molecular formula is C9H6FeO3S. The molecule has 74 valence electrons. The third kappa shape index (κ3) is 30.2.